The van der Waals surface area contributed by atoms with E-state index in [1.54, 1.807) is 11.3 Å². The fourth-order valence-corrected chi connectivity index (χ4v) is 4.77. The lowest BCUT2D eigenvalue weighted by molar-refractivity contribution is -0.143. The molecule has 0 radical (unpaired) electrons. The highest BCUT2D eigenvalue weighted by Gasteiger charge is 2.58. The molecule has 3 aliphatic rings. The maximum Gasteiger partial charge on any atom is 0.252 e. The summed E-state index contributed by atoms with van der Waals surface area (Å²) in [5.41, 5.74) is 1.64. The second-order valence-corrected chi connectivity index (χ2v) is 7.71. The second kappa shape index (κ2) is 5.95. The zero-order chi connectivity index (χ0) is 15.0. The molecule has 0 unspecified atom stereocenters. The topological polar surface area (TPSA) is 41.6 Å². The van der Waals surface area contributed by atoms with Crippen molar-refractivity contribution in [2.45, 2.75) is 50.8 Å². The van der Waals surface area contributed by atoms with Crippen molar-refractivity contribution in [3.63, 3.8) is 0 Å². The van der Waals surface area contributed by atoms with Crippen LogP contribution in [0.3, 0.4) is 0 Å². The van der Waals surface area contributed by atoms with Crippen LogP contribution in [0.5, 0.6) is 0 Å². The van der Waals surface area contributed by atoms with Gasteiger partial charge in [-0.05, 0) is 73.0 Å². The number of carbonyl (C=O) groups excluding carboxylic acids is 1. The number of hydrogen-bond donors (Lipinski definition) is 1. The third-order valence-corrected chi connectivity index (χ3v) is 6.28. The van der Waals surface area contributed by atoms with Gasteiger partial charge in [-0.3, -0.25) is 4.79 Å². The zero-order valence-electron chi connectivity index (χ0n) is 12.9. The van der Waals surface area contributed by atoms with Crippen LogP contribution in [0.4, 0.5) is 0 Å². The Kier molecular flexibility index (Phi) is 3.96. The quantitative estimate of drug-likeness (QED) is 0.926. The molecule has 1 aliphatic carbocycles. The minimum absolute atomic E-state index is 0.196. The first kappa shape index (κ1) is 14.7. The average molecular weight is 320 g/mol. The lowest BCUT2D eigenvalue weighted by atomic mass is 9.93. The van der Waals surface area contributed by atoms with Crippen LogP contribution in [0.2, 0.25) is 0 Å². The van der Waals surface area contributed by atoms with Gasteiger partial charge in [0, 0.05) is 19.2 Å². The maximum absolute atomic E-state index is 13.0. The summed E-state index contributed by atoms with van der Waals surface area (Å²) in [7, 11) is 0. The first-order valence-electron chi connectivity index (χ1n) is 8.42. The number of hydrogen-bond acceptors (Lipinski definition) is 4. The van der Waals surface area contributed by atoms with E-state index >= 15 is 0 Å². The van der Waals surface area contributed by atoms with Gasteiger partial charge < -0.3 is 15.0 Å². The number of ether oxygens (including phenoxy) is 1. The molecule has 22 heavy (non-hydrogen) atoms. The Morgan fingerprint density at radius 1 is 1.45 bits per heavy atom. The van der Waals surface area contributed by atoms with Gasteiger partial charge >= 0.3 is 0 Å². The van der Waals surface area contributed by atoms with Crippen LogP contribution in [-0.4, -0.2) is 42.6 Å². The predicted molar refractivity (Wildman–Crippen MR) is 86.8 cm³/mol. The molecule has 3 fully saturated rings. The molecule has 1 saturated carbocycles. The summed E-state index contributed by atoms with van der Waals surface area (Å²) in [6.07, 6.45) is 5.30. The van der Waals surface area contributed by atoms with Gasteiger partial charge in [-0.25, -0.2) is 0 Å². The van der Waals surface area contributed by atoms with Crippen LogP contribution in [-0.2, 0) is 16.1 Å². The standard InChI is InChI=1S/C17H24N2O2S/c20-16(14-2-1-8-21-14)19(11-13-3-9-22-12-13)15-10-17(15)4-6-18-7-5-17/h3,9,12,14-15,18H,1-2,4-8,10-11H2/t14-,15-/m0/s1. The van der Waals surface area contributed by atoms with Crippen molar-refractivity contribution >= 4 is 17.2 Å². The summed E-state index contributed by atoms with van der Waals surface area (Å²) in [6.45, 7) is 3.68. The fourth-order valence-electron chi connectivity index (χ4n) is 4.11. The van der Waals surface area contributed by atoms with Crippen LogP contribution in [0.25, 0.3) is 0 Å². The summed E-state index contributed by atoms with van der Waals surface area (Å²) in [4.78, 5) is 15.1. The van der Waals surface area contributed by atoms with Gasteiger partial charge in [0.2, 0.25) is 0 Å². The number of thiophene rings is 1. The van der Waals surface area contributed by atoms with Crippen molar-refractivity contribution < 1.29 is 9.53 Å². The van der Waals surface area contributed by atoms with Gasteiger partial charge in [-0.1, -0.05) is 0 Å². The molecule has 5 heteroatoms. The molecule has 1 N–H and O–H groups in total. The Morgan fingerprint density at radius 3 is 3.00 bits per heavy atom. The molecule has 3 heterocycles. The van der Waals surface area contributed by atoms with Crippen molar-refractivity contribution in [1.82, 2.24) is 10.2 Å². The highest BCUT2D eigenvalue weighted by molar-refractivity contribution is 7.07. The summed E-state index contributed by atoms with van der Waals surface area (Å²) in [5.74, 6) is 0.226. The van der Waals surface area contributed by atoms with E-state index in [9.17, 15) is 4.79 Å². The molecule has 1 aromatic rings. The molecule has 1 amide bonds. The fraction of sp³-hybridized carbons (Fsp3) is 0.706. The van der Waals surface area contributed by atoms with Gasteiger partial charge in [-0.2, -0.15) is 11.3 Å². The van der Waals surface area contributed by atoms with Crippen molar-refractivity contribution in [1.29, 1.82) is 0 Å². The lowest BCUT2D eigenvalue weighted by Crippen LogP contribution is -2.43. The van der Waals surface area contributed by atoms with E-state index in [2.05, 4.69) is 27.0 Å². The SMILES string of the molecule is O=C([C@@H]1CCCO1)N(Cc1ccsc1)[C@H]1CC12CCNCC2. The largest absolute Gasteiger partial charge is 0.368 e. The van der Waals surface area contributed by atoms with Gasteiger partial charge in [0.15, 0.2) is 0 Å². The zero-order valence-corrected chi connectivity index (χ0v) is 13.7. The first-order valence-corrected chi connectivity index (χ1v) is 9.37. The van der Waals surface area contributed by atoms with Crippen molar-refractivity contribution in [3.05, 3.63) is 22.4 Å². The van der Waals surface area contributed by atoms with E-state index in [4.69, 9.17) is 4.74 Å². The van der Waals surface area contributed by atoms with E-state index in [0.717, 1.165) is 39.1 Å². The van der Waals surface area contributed by atoms with Crippen LogP contribution in [0.1, 0.15) is 37.7 Å². The summed E-state index contributed by atoms with van der Waals surface area (Å²) in [5, 5.41) is 7.70. The highest BCUT2D eigenvalue weighted by Crippen LogP contribution is 2.56. The number of amides is 1. The molecule has 1 spiro atoms. The van der Waals surface area contributed by atoms with E-state index in [-0.39, 0.29) is 12.0 Å². The lowest BCUT2D eigenvalue weighted by Gasteiger charge is -2.31. The number of rotatable bonds is 4. The molecule has 0 aromatic carbocycles. The Hall–Kier alpha value is -0.910. The summed E-state index contributed by atoms with van der Waals surface area (Å²) in [6, 6.07) is 2.56. The summed E-state index contributed by atoms with van der Waals surface area (Å²) < 4.78 is 5.67. The van der Waals surface area contributed by atoms with E-state index in [1.165, 1.54) is 24.8 Å². The van der Waals surface area contributed by atoms with Gasteiger partial charge in [0.1, 0.15) is 6.10 Å². The molecule has 120 valence electrons. The van der Waals surface area contributed by atoms with Gasteiger partial charge in [0.25, 0.3) is 5.91 Å². The van der Waals surface area contributed by atoms with Gasteiger partial charge in [0.05, 0.1) is 0 Å². The first-order chi connectivity index (χ1) is 10.8. The molecule has 4 rings (SSSR count). The smallest absolute Gasteiger partial charge is 0.252 e. The Balaban J connectivity index is 1.51. The molecule has 2 atom stereocenters. The second-order valence-electron chi connectivity index (χ2n) is 6.93. The van der Waals surface area contributed by atoms with Crippen LogP contribution < -0.4 is 5.32 Å². The minimum Gasteiger partial charge on any atom is -0.368 e. The average Bonchev–Trinajstić information content (AvgIpc) is 3.02. The normalized spacial score (nSPS) is 29.6. The van der Waals surface area contributed by atoms with Crippen LogP contribution in [0.15, 0.2) is 16.8 Å². The monoisotopic (exact) mass is 320 g/mol. The Bertz CT molecular complexity index is 519. The predicted octanol–water partition coefficient (Wildman–Crippen LogP) is 2.40. The Morgan fingerprint density at radius 2 is 2.32 bits per heavy atom. The third-order valence-electron chi connectivity index (χ3n) is 5.54. The molecule has 4 nitrogen and oxygen atoms in total. The van der Waals surface area contributed by atoms with Crippen LogP contribution >= 0.6 is 11.3 Å². The molecule has 0 bridgehead atoms. The number of nitrogens with zero attached hydrogens (tertiary/aromatic N) is 1. The van der Waals surface area contributed by atoms with E-state index in [0.29, 0.717) is 11.5 Å². The number of nitrogens with one attached hydrogen (secondary N) is 1. The summed E-state index contributed by atoms with van der Waals surface area (Å²) >= 11 is 1.71. The van der Waals surface area contributed by atoms with Crippen molar-refractivity contribution in [2.24, 2.45) is 5.41 Å². The number of carbonyl (C=O) groups is 1. The molecular weight excluding hydrogens is 296 g/mol. The van der Waals surface area contributed by atoms with E-state index < -0.39 is 0 Å². The molecule has 1 aromatic heterocycles. The molecular formula is C17H24N2O2S. The van der Waals surface area contributed by atoms with Gasteiger partial charge in [-0.15, -0.1) is 0 Å². The van der Waals surface area contributed by atoms with E-state index in [1.807, 2.05) is 0 Å². The number of piperidine rings is 1. The van der Waals surface area contributed by atoms with Crippen molar-refractivity contribution in [3.8, 4) is 0 Å². The Labute approximate surface area is 135 Å². The molecule has 2 aliphatic heterocycles. The maximum atomic E-state index is 13.0. The van der Waals surface area contributed by atoms with Crippen LogP contribution in [0, 0.1) is 5.41 Å². The van der Waals surface area contributed by atoms with Crippen molar-refractivity contribution in [2.75, 3.05) is 19.7 Å². The third kappa shape index (κ3) is 2.70. The minimum atomic E-state index is -0.196. The molecule has 2 saturated heterocycles. The highest BCUT2D eigenvalue weighted by atomic mass is 32.1.